The minimum atomic E-state index is 0. The topological polar surface area (TPSA) is 20.2 Å². The maximum atomic E-state index is 7.57. The summed E-state index contributed by atoms with van der Waals surface area (Å²) in [5.74, 6) is 0. The van der Waals surface area contributed by atoms with Crippen molar-refractivity contribution in [3.8, 4) is 0 Å². The zero-order valence-corrected chi connectivity index (χ0v) is 12.2. The second kappa shape index (κ2) is 51.7. The van der Waals surface area contributed by atoms with Crippen LogP contribution in [0.15, 0.2) is 18.2 Å². The Morgan fingerprint density at radius 3 is 1.57 bits per heavy atom. The number of hydrogen-bond donors (Lipinski definition) is 1. The van der Waals surface area contributed by atoms with Gasteiger partial charge in [-0.25, -0.2) is 12.2 Å². The number of rotatable bonds is 0. The van der Waals surface area contributed by atoms with Crippen LogP contribution >= 0.6 is 0 Å². The molecule has 1 rings (SSSR count). The van der Waals surface area contributed by atoms with Gasteiger partial charge >= 0.3 is 19.5 Å². The quantitative estimate of drug-likeness (QED) is 0.533. The normalized spacial score (nSPS) is 7.57. The monoisotopic (exact) mass is 288 g/mol. The summed E-state index contributed by atoms with van der Waals surface area (Å²) < 4.78 is 0. The molecule has 0 fully saturated rings. The molecule has 1 aliphatic rings. The Hall–Kier alpha value is 0.0634. The summed E-state index contributed by atoms with van der Waals surface area (Å²) in [6, 6.07) is 0. The molecule has 0 aliphatic heterocycles. The van der Waals surface area contributed by atoms with Gasteiger partial charge in [0.05, 0.1) is 0 Å². The van der Waals surface area contributed by atoms with Crippen molar-refractivity contribution >= 4 is 0 Å². The molecule has 0 saturated heterocycles. The molecule has 0 spiro atoms. The largest absolute Gasteiger partial charge is 6.00 e. The van der Waals surface area contributed by atoms with Crippen LogP contribution in [0.3, 0.4) is 0 Å². The predicted octanol–water partition coefficient (Wildman–Crippen LogP) is 3.55. The molecule has 0 saturated carbocycles. The Morgan fingerprint density at radius 1 is 1.14 bits per heavy atom. The third-order valence-electron chi connectivity index (χ3n) is 0.586. The number of hydrogen-bond acceptors (Lipinski definition) is 1. The maximum absolute atomic E-state index is 7.57. The molecule has 0 aromatic carbocycles. The van der Waals surface area contributed by atoms with Crippen LogP contribution in [0.4, 0.5) is 0 Å². The first kappa shape index (κ1) is 48.1. The van der Waals surface area contributed by atoms with E-state index in [-0.39, 0.29) is 63.2 Å². The Morgan fingerprint density at radius 2 is 1.50 bits per heavy atom. The van der Waals surface area contributed by atoms with Gasteiger partial charge in [0.1, 0.15) is 0 Å². The van der Waals surface area contributed by atoms with Crippen LogP contribution in [0.2, 0.25) is 0 Å². The van der Waals surface area contributed by atoms with Gasteiger partial charge in [-0.1, -0.05) is 0 Å². The summed E-state index contributed by atoms with van der Waals surface area (Å²) in [6.45, 7) is 1.93. The fourth-order valence-electron chi connectivity index (χ4n) is 0.340. The van der Waals surface area contributed by atoms with Crippen LogP contribution in [-0.2, 0) is 19.5 Å². The number of aliphatic hydroxyl groups is 1. The van der Waals surface area contributed by atoms with Gasteiger partial charge in [0.2, 0.25) is 0 Å². The summed E-state index contributed by atoms with van der Waals surface area (Å²) >= 11 is 0. The molecule has 0 aromatic heterocycles. The molecule has 0 aromatic rings. The van der Waals surface area contributed by atoms with Gasteiger partial charge in [-0.15, -0.1) is 6.42 Å². The van der Waals surface area contributed by atoms with E-state index in [1.807, 2.05) is 12.2 Å². The Bertz CT molecular complexity index is 78.3. The van der Waals surface area contributed by atoms with Gasteiger partial charge in [0.25, 0.3) is 0 Å². The summed E-state index contributed by atoms with van der Waals surface area (Å²) in [5.41, 5.74) is 0. The van der Waals surface area contributed by atoms with Gasteiger partial charge in [0, 0.05) is 6.61 Å². The van der Waals surface area contributed by atoms with E-state index in [9.17, 15) is 0 Å². The van der Waals surface area contributed by atoms with Gasteiger partial charge in [-0.2, -0.15) is 6.08 Å². The summed E-state index contributed by atoms with van der Waals surface area (Å²) in [7, 11) is 0. The maximum Gasteiger partial charge on any atom is 6.00 e. The van der Waals surface area contributed by atoms with Crippen molar-refractivity contribution in [2.75, 3.05) is 6.61 Å². The fourth-order valence-corrected chi connectivity index (χ4v) is 0.340. The third-order valence-corrected chi connectivity index (χ3v) is 0.586. The van der Waals surface area contributed by atoms with Gasteiger partial charge < -0.3 is 42.2 Å². The number of aliphatic hydroxyl groups excluding tert-OH is 1. The van der Waals surface area contributed by atoms with E-state index in [4.69, 9.17) is 5.11 Å². The first-order chi connectivity index (χ1) is 3.91. The van der Waals surface area contributed by atoms with Crippen molar-refractivity contribution < 1.29 is 24.6 Å². The molecular weight excluding hydrogens is 261 g/mol. The van der Waals surface area contributed by atoms with E-state index >= 15 is 0 Å². The molecule has 0 heterocycles. The van der Waals surface area contributed by atoms with Gasteiger partial charge in [-0.3, -0.25) is 6.08 Å². The summed E-state index contributed by atoms with van der Waals surface area (Å²) in [6.07, 6.45) is 10.0. The minimum absolute atomic E-state index is 0. The molecule has 1 aliphatic carbocycles. The van der Waals surface area contributed by atoms with Crippen molar-refractivity contribution in [3.05, 3.63) is 61.4 Å². The fraction of sp³-hybridized carbons (Fsp3) is 0.250. The minimum Gasteiger partial charge on any atom is -0.397 e. The van der Waals surface area contributed by atoms with Crippen LogP contribution in [0.25, 0.3) is 0 Å². The molecule has 0 amide bonds. The van der Waals surface area contributed by atoms with E-state index in [2.05, 4.69) is 12.2 Å². The van der Waals surface area contributed by atoms with Crippen molar-refractivity contribution in [1.82, 2.24) is 0 Å². The molecule has 0 unspecified atom stereocenters. The zero-order chi connectivity index (χ0) is 6.24. The van der Waals surface area contributed by atoms with Crippen molar-refractivity contribution in [1.29, 1.82) is 0 Å². The zero-order valence-electron chi connectivity index (χ0n) is 10.4. The first-order valence-electron chi connectivity index (χ1n) is 2.74. The summed E-state index contributed by atoms with van der Waals surface area (Å²) in [4.78, 5) is 0. The number of allylic oxidation sites excluding steroid dienone is 4. The molecule has 0 radical (unpaired) electrons. The van der Waals surface area contributed by atoms with E-state index in [1.54, 1.807) is 6.92 Å². The van der Waals surface area contributed by atoms with Crippen LogP contribution in [-0.4, -0.2) is 11.7 Å². The smallest absolute Gasteiger partial charge is 0.397 e. The second-order valence-corrected chi connectivity index (χ2v) is 1.32. The Kier molecular flexibility index (Phi) is 178. The molecule has 0 bridgehead atoms. The predicted molar refractivity (Wildman–Crippen MR) is 66.4 cm³/mol. The molecule has 0 atom stereocenters. The third kappa shape index (κ3) is 57.6. The molecule has 2 heteroatoms. The van der Waals surface area contributed by atoms with Crippen molar-refractivity contribution in [2.24, 2.45) is 0 Å². The Labute approximate surface area is 106 Å². The average molecular weight is 287 g/mol. The molecular formula is C12H26ORu. The average Bonchev–Trinajstić information content (AvgIpc) is 2.17. The molecule has 1 N–H and O–H groups in total. The second-order valence-electron chi connectivity index (χ2n) is 1.32. The van der Waals surface area contributed by atoms with E-state index in [1.165, 1.54) is 0 Å². The van der Waals surface area contributed by atoms with E-state index in [0.29, 0.717) is 0 Å². The standard InChI is InChI=1S/C5H5.C2H6O.5CH3.Ru/c1-2-4-5-3-1;1-2-3;;;;;;/h1-3H,4H2;3H,2H2,1H3;5*1H3;/q-1;;5*-1;+6. The molecule has 14 heavy (non-hydrogen) atoms. The van der Waals surface area contributed by atoms with Crippen LogP contribution in [0.5, 0.6) is 0 Å². The Balaban J connectivity index is -0.0000000103. The van der Waals surface area contributed by atoms with Crippen molar-refractivity contribution in [3.63, 3.8) is 0 Å². The molecule has 88 valence electrons. The summed E-state index contributed by atoms with van der Waals surface area (Å²) in [5, 5.41) is 7.57. The van der Waals surface area contributed by atoms with Crippen molar-refractivity contribution in [2.45, 2.75) is 13.3 Å². The molecule has 1 nitrogen and oxygen atoms in total. The van der Waals surface area contributed by atoms with Crippen LogP contribution < -0.4 is 0 Å². The van der Waals surface area contributed by atoms with Gasteiger partial charge in [-0.05, 0) is 6.92 Å². The van der Waals surface area contributed by atoms with Crippen LogP contribution in [0, 0.1) is 43.2 Å². The SMILES string of the molecule is CCO.[C-]1=CC=CC1.[CH3-].[CH3-].[CH3-].[CH3-].[CH3-].[Ru+6]. The van der Waals surface area contributed by atoms with Gasteiger partial charge in [0.15, 0.2) is 0 Å². The first-order valence-corrected chi connectivity index (χ1v) is 2.74. The van der Waals surface area contributed by atoms with E-state index < -0.39 is 0 Å². The van der Waals surface area contributed by atoms with E-state index in [0.717, 1.165) is 6.42 Å². The van der Waals surface area contributed by atoms with Crippen LogP contribution in [0.1, 0.15) is 13.3 Å².